The molecule has 2 saturated heterocycles. The molecule has 2 aliphatic heterocycles. The Morgan fingerprint density at radius 3 is 2.56 bits per heavy atom. The molecule has 1 aromatic heterocycles. The van der Waals surface area contributed by atoms with Crippen LogP contribution in [0.1, 0.15) is 31.1 Å². The summed E-state index contributed by atoms with van der Waals surface area (Å²) in [6.45, 7) is -0.175. The van der Waals surface area contributed by atoms with Crippen molar-refractivity contribution < 1.29 is 37.4 Å². The van der Waals surface area contributed by atoms with Gasteiger partial charge in [-0.2, -0.15) is 9.06 Å². The van der Waals surface area contributed by atoms with Crippen molar-refractivity contribution in [1.29, 1.82) is 0 Å². The highest BCUT2D eigenvalue weighted by molar-refractivity contribution is 7.51. The van der Waals surface area contributed by atoms with Gasteiger partial charge in [-0.3, -0.25) is 23.7 Å². The Bertz CT molecular complexity index is 1520. The maximum atomic E-state index is 14.3. The summed E-state index contributed by atoms with van der Waals surface area (Å²) >= 11 is 0. The molecular weight excluding hydrogens is 560 g/mol. The van der Waals surface area contributed by atoms with Crippen molar-refractivity contribution in [1.82, 2.24) is 14.2 Å². The Labute approximate surface area is 233 Å². The zero-order valence-electron chi connectivity index (χ0n) is 21.8. The van der Waals surface area contributed by atoms with E-state index in [9.17, 15) is 28.4 Å². The van der Waals surface area contributed by atoms with Gasteiger partial charge in [0.15, 0.2) is 0 Å². The lowest BCUT2D eigenvalue weighted by Gasteiger charge is -2.31. The van der Waals surface area contributed by atoms with E-state index in [1.807, 2.05) is 35.3 Å². The van der Waals surface area contributed by atoms with Gasteiger partial charge < -0.3 is 19.1 Å². The van der Waals surface area contributed by atoms with E-state index < -0.39 is 61.9 Å². The smallest absolute Gasteiger partial charge is 0.460 e. The molecule has 2 fully saturated rings. The quantitative estimate of drug-likeness (QED) is 0.267. The molecule has 2 N–H and O–H groups in total. The number of aliphatic hydroxyl groups excluding tert-OH is 1. The molecule has 0 amide bonds. The van der Waals surface area contributed by atoms with E-state index >= 15 is 0 Å². The molecule has 5 atom stereocenters. The lowest BCUT2D eigenvalue weighted by atomic mass is 10.2. The Morgan fingerprint density at radius 1 is 1.12 bits per heavy atom. The number of carbonyl (C=O) groups is 1. The number of nitrogens with zero attached hydrogens (tertiary/aromatic N) is 2. The predicted octanol–water partition coefficient (Wildman–Crippen LogP) is 2.74. The van der Waals surface area contributed by atoms with E-state index in [0.29, 0.717) is 19.0 Å². The number of hydrogen-bond donors (Lipinski definition) is 2. The second kappa shape index (κ2) is 12.5. The number of rotatable bonds is 10. The first kappa shape index (κ1) is 28.9. The second-order valence-corrected chi connectivity index (χ2v) is 11.6. The first-order chi connectivity index (χ1) is 19.7. The minimum Gasteiger partial charge on any atom is -0.460 e. The zero-order chi connectivity index (χ0) is 29.0. The van der Waals surface area contributed by atoms with Gasteiger partial charge >= 0.3 is 19.4 Å². The topological polar surface area (TPSA) is 149 Å². The van der Waals surface area contributed by atoms with Crippen LogP contribution in [0.15, 0.2) is 76.4 Å². The highest BCUT2D eigenvalue weighted by Crippen LogP contribution is 2.55. The molecule has 3 heterocycles. The monoisotopic (exact) mass is 589 g/mol. The third-order valence-corrected chi connectivity index (χ3v) is 8.86. The van der Waals surface area contributed by atoms with Crippen LogP contribution >= 0.6 is 7.75 Å². The third-order valence-electron chi connectivity index (χ3n) is 6.84. The maximum Gasteiger partial charge on any atom is 0.462 e. The minimum absolute atomic E-state index is 0.0446. The van der Waals surface area contributed by atoms with Crippen molar-refractivity contribution in [3.05, 3.63) is 99.1 Å². The molecule has 41 heavy (non-hydrogen) atoms. The number of benzene rings is 2. The Morgan fingerprint density at radius 2 is 1.83 bits per heavy atom. The van der Waals surface area contributed by atoms with E-state index in [1.165, 1.54) is 4.67 Å². The first-order valence-electron chi connectivity index (χ1n) is 13.0. The summed E-state index contributed by atoms with van der Waals surface area (Å²) in [6, 6.07) is 16.5. The van der Waals surface area contributed by atoms with E-state index in [2.05, 4.69) is 0 Å². The largest absolute Gasteiger partial charge is 0.462 e. The Kier molecular flexibility index (Phi) is 8.81. The molecule has 0 spiro atoms. The summed E-state index contributed by atoms with van der Waals surface area (Å²) in [5.41, 5.74) is -1.29. The van der Waals surface area contributed by atoms with Crippen LogP contribution in [-0.2, 0) is 30.0 Å². The van der Waals surface area contributed by atoms with Crippen molar-refractivity contribution in [2.75, 3.05) is 13.2 Å². The SMILES string of the molecule is O=C(OCc1ccccc1)C1CCCN1P(=O)(OC[C@H]1O[C@@H](n2cc(F)c(=O)[nH]c2=O)C[C@@H]1O)Oc1ccccc1. The van der Waals surface area contributed by atoms with E-state index in [-0.39, 0.29) is 25.3 Å². The fourth-order valence-corrected chi connectivity index (χ4v) is 6.72. The summed E-state index contributed by atoms with van der Waals surface area (Å²) in [4.78, 5) is 38.5. The van der Waals surface area contributed by atoms with Crippen LogP contribution in [-0.4, -0.2) is 56.7 Å². The molecule has 0 aliphatic carbocycles. The van der Waals surface area contributed by atoms with Gasteiger partial charge in [0, 0.05) is 13.0 Å². The van der Waals surface area contributed by atoms with Crippen LogP contribution < -0.4 is 15.8 Å². The molecule has 2 unspecified atom stereocenters. The van der Waals surface area contributed by atoms with Crippen LogP contribution in [0, 0.1) is 5.82 Å². The van der Waals surface area contributed by atoms with Gasteiger partial charge in [0.05, 0.1) is 18.9 Å². The first-order valence-corrected chi connectivity index (χ1v) is 14.5. The molecule has 5 rings (SSSR count). The number of aliphatic hydroxyl groups is 1. The number of H-pyrrole nitrogens is 1. The summed E-state index contributed by atoms with van der Waals surface area (Å²) < 4.78 is 53.2. The van der Waals surface area contributed by atoms with Gasteiger partial charge in [-0.15, -0.1) is 0 Å². The number of aromatic amines is 1. The van der Waals surface area contributed by atoms with E-state index in [0.717, 1.165) is 10.1 Å². The average Bonchev–Trinajstić information content (AvgIpc) is 3.61. The number of aromatic nitrogens is 2. The number of ether oxygens (including phenoxy) is 2. The second-order valence-electron chi connectivity index (χ2n) is 9.66. The molecule has 12 nitrogen and oxygen atoms in total. The van der Waals surface area contributed by atoms with Crippen LogP contribution in [0.3, 0.4) is 0 Å². The summed E-state index contributed by atoms with van der Waals surface area (Å²) in [5.74, 6) is -1.54. The standard InChI is InChI=1S/C27H29FN3O9P/c28-20-15-30(27(35)29-25(20)33)24-14-22(32)23(39-24)17-38-41(36,40-19-10-5-2-6-11-19)31-13-7-12-21(31)26(34)37-16-18-8-3-1-4-9-18/h1-6,8-11,15,21-24,32H,7,12-14,16-17H2,(H,29,33,35)/t21?,22-,23+,24+,41?/m0/s1. The lowest BCUT2D eigenvalue weighted by Crippen LogP contribution is -2.38. The predicted molar refractivity (Wildman–Crippen MR) is 142 cm³/mol. The number of halogens is 1. The Balaban J connectivity index is 1.32. The number of nitrogens with one attached hydrogen (secondary N) is 1. The van der Waals surface area contributed by atoms with Crippen molar-refractivity contribution >= 4 is 13.7 Å². The van der Waals surface area contributed by atoms with Crippen molar-refractivity contribution in [3.63, 3.8) is 0 Å². The van der Waals surface area contributed by atoms with Gasteiger partial charge in [0.1, 0.15) is 30.7 Å². The third kappa shape index (κ3) is 6.66. The minimum atomic E-state index is -4.22. The van der Waals surface area contributed by atoms with Crippen molar-refractivity contribution in [3.8, 4) is 5.75 Å². The van der Waals surface area contributed by atoms with Crippen LogP contribution in [0.5, 0.6) is 5.75 Å². The molecule has 2 aliphatic rings. The van der Waals surface area contributed by atoms with Crippen molar-refractivity contribution in [2.24, 2.45) is 0 Å². The van der Waals surface area contributed by atoms with Gasteiger partial charge in [-0.05, 0) is 30.5 Å². The molecule has 3 aromatic rings. The van der Waals surface area contributed by atoms with E-state index in [4.69, 9.17) is 18.5 Å². The normalized spacial score (nSPS) is 24.1. The van der Waals surface area contributed by atoms with E-state index in [1.54, 1.807) is 30.3 Å². The number of hydrogen-bond acceptors (Lipinski definition) is 9. The highest BCUT2D eigenvalue weighted by atomic mass is 31.2. The summed E-state index contributed by atoms with van der Waals surface area (Å²) in [5, 5.41) is 10.6. The number of esters is 1. The number of carbonyl (C=O) groups excluding carboxylic acids is 1. The van der Waals surface area contributed by atoms with Gasteiger partial charge in [-0.1, -0.05) is 48.5 Å². The molecule has 2 aromatic carbocycles. The molecule has 218 valence electrons. The highest BCUT2D eigenvalue weighted by Gasteiger charge is 2.48. The van der Waals surface area contributed by atoms with Crippen LogP contribution in [0.25, 0.3) is 0 Å². The summed E-state index contributed by atoms with van der Waals surface area (Å²) in [7, 11) is -4.22. The fourth-order valence-electron chi connectivity index (χ4n) is 4.75. The van der Waals surface area contributed by atoms with Gasteiger partial charge in [-0.25, -0.2) is 9.36 Å². The molecule has 0 bridgehead atoms. The zero-order valence-corrected chi connectivity index (χ0v) is 22.7. The van der Waals surface area contributed by atoms with Crippen LogP contribution in [0.2, 0.25) is 0 Å². The molecule has 0 radical (unpaired) electrons. The van der Waals surface area contributed by atoms with Gasteiger partial charge in [0.2, 0.25) is 5.82 Å². The van der Waals surface area contributed by atoms with Gasteiger partial charge in [0.25, 0.3) is 5.56 Å². The van der Waals surface area contributed by atoms with Crippen molar-refractivity contribution in [2.45, 2.75) is 50.3 Å². The summed E-state index contributed by atoms with van der Waals surface area (Å²) in [6.07, 6.45) is -1.91. The molecule has 0 saturated carbocycles. The maximum absolute atomic E-state index is 14.3. The fraction of sp³-hybridized carbons (Fsp3) is 0.370. The number of para-hydroxylation sites is 1. The lowest BCUT2D eigenvalue weighted by molar-refractivity contribution is -0.149. The molecular formula is C27H29FN3O9P. The average molecular weight is 590 g/mol. The van der Waals surface area contributed by atoms with Crippen LogP contribution in [0.4, 0.5) is 4.39 Å². The Hall–Kier alpha value is -3.61. The molecule has 14 heteroatoms.